The first kappa shape index (κ1) is 19.6. The number of aryl methyl sites for hydroxylation is 2. The third kappa shape index (κ3) is 3.15. The minimum Gasteiger partial charge on any atom is -0.503 e. The molecule has 0 fully saturated rings. The van der Waals surface area contributed by atoms with Crippen LogP contribution >= 0.6 is 22.7 Å². The summed E-state index contributed by atoms with van der Waals surface area (Å²) in [5.74, 6) is -1.55. The van der Waals surface area contributed by atoms with E-state index < -0.39 is 17.7 Å². The molecule has 1 N–H and O–H groups in total. The number of benzene rings is 1. The van der Waals surface area contributed by atoms with Gasteiger partial charge in [-0.2, -0.15) is 0 Å². The Morgan fingerprint density at radius 2 is 2.03 bits per heavy atom. The summed E-state index contributed by atoms with van der Waals surface area (Å²) in [6, 6.07) is 10.2. The number of aromatic nitrogens is 2. The maximum Gasteiger partial charge on any atom is 0.296 e. The SMILES string of the molecule is Cc1cc(C)c2nc(N3C(=O)C(O)=C(C(=O)c4cccs4)C3c3cccnc3)sc2c1. The standard InChI is InChI=1S/C23H17N3O3S2/c1-12-9-13(2)18-16(10-12)31-23(25-18)26-19(14-5-3-7-24-11-14)17(21(28)22(26)29)20(27)15-6-4-8-30-15/h3-11,19,28H,1-2H3. The maximum atomic E-state index is 13.3. The highest BCUT2D eigenvalue weighted by atomic mass is 32.1. The lowest BCUT2D eigenvalue weighted by atomic mass is 9.97. The molecule has 5 rings (SSSR count). The van der Waals surface area contributed by atoms with Crippen molar-refractivity contribution in [2.45, 2.75) is 19.9 Å². The topological polar surface area (TPSA) is 83.4 Å². The monoisotopic (exact) mass is 447 g/mol. The van der Waals surface area contributed by atoms with Gasteiger partial charge in [-0.1, -0.05) is 29.5 Å². The lowest BCUT2D eigenvalue weighted by molar-refractivity contribution is -0.117. The van der Waals surface area contributed by atoms with Crippen molar-refractivity contribution in [3.8, 4) is 0 Å². The average molecular weight is 448 g/mol. The molecule has 0 saturated heterocycles. The minimum absolute atomic E-state index is 0.0487. The number of carbonyl (C=O) groups is 2. The molecule has 1 aromatic carbocycles. The summed E-state index contributed by atoms with van der Waals surface area (Å²) < 4.78 is 0.947. The summed E-state index contributed by atoms with van der Waals surface area (Å²) in [5, 5.41) is 13.0. The number of hydrogen-bond acceptors (Lipinski definition) is 7. The van der Waals surface area contributed by atoms with E-state index in [0.717, 1.165) is 21.3 Å². The Hall–Kier alpha value is -3.36. The molecule has 4 aromatic rings. The van der Waals surface area contributed by atoms with Crippen molar-refractivity contribution in [3.05, 3.63) is 87.1 Å². The molecule has 8 heteroatoms. The number of ketones is 1. The number of rotatable bonds is 4. The molecule has 4 heterocycles. The van der Waals surface area contributed by atoms with Gasteiger partial charge in [0.2, 0.25) is 5.78 Å². The molecule has 1 aliphatic heterocycles. The Labute approximate surface area is 186 Å². The summed E-state index contributed by atoms with van der Waals surface area (Å²) in [5.41, 5.74) is 3.60. The van der Waals surface area contributed by atoms with Crippen molar-refractivity contribution in [1.29, 1.82) is 0 Å². The number of nitrogens with zero attached hydrogens (tertiary/aromatic N) is 3. The number of fused-ring (bicyclic) bond motifs is 1. The highest BCUT2D eigenvalue weighted by molar-refractivity contribution is 7.22. The second kappa shape index (κ2) is 7.40. The second-order valence-corrected chi connectivity index (χ2v) is 9.31. The van der Waals surface area contributed by atoms with Crippen molar-refractivity contribution in [2.75, 3.05) is 4.90 Å². The van der Waals surface area contributed by atoms with Crippen LogP contribution in [0.4, 0.5) is 5.13 Å². The number of anilines is 1. The van der Waals surface area contributed by atoms with Crippen molar-refractivity contribution in [2.24, 2.45) is 0 Å². The summed E-state index contributed by atoms with van der Waals surface area (Å²) in [7, 11) is 0. The molecule has 0 saturated carbocycles. The van der Waals surface area contributed by atoms with Crippen LogP contribution in [-0.2, 0) is 4.79 Å². The number of hydrogen-bond donors (Lipinski definition) is 1. The predicted molar refractivity (Wildman–Crippen MR) is 122 cm³/mol. The van der Waals surface area contributed by atoms with Gasteiger partial charge in [0.1, 0.15) is 0 Å². The van der Waals surface area contributed by atoms with Crippen LogP contribution in [0.1, 0.15) is 32.4 Å². The number of thiazole rings is 1. The molecule has 0 radical (unpaired) electrons. The molecule has 1 amide bonds. The molecular formula is C23H17N3O3S2. The molecular weight excluding hydrogens is 430 g/mol. The molecule has 31 heavy (non-hydrogen) atoms. The maximum absolute atomic E-state index is 13.3. The fourth-order valence-corrected chi connectivity index (χ4v) is 5.74. The van der Waals surface area contributed by atoms with Gasteiger partial charge in [-0.15, -0.1) is 11.3 Å². The summed E-state index contributed by atoms with van der Waals surface area (Å²) in [4.78, 5) is 37.2. The molecule has 6 nitrogen and oxygen atoms in total. The number of thiophene rings is 1. The van der Waals surface area contributed by atoms with Crippen LogP contribution in [0, 0.1) is 13.8 Å². The number of carbonyl (C=O) groups excluding carboxylic acids is 2. The van der Waals surface area contributed by atoms with Crippen LogP contribution < -0.4 is 4.90 Å². The Kier molecular flexibility index (Phi) is 4.68. The van der Waals surface area contributed by atoms with Crippen molar-refractivity contribution < 1.29 is 14.7 Å². The number of aliphatic hydroxyl groups is 1. The van der Waals surface area contributed by atoms with Crippen LogP contribution in [0.15, 0.2) is 65.5 Å². The zero-order valence-electron chi connectivity index (χ0n) is 16.7. The molecule has 0 spiro atoms. The van der Waals surface area contributed by atoms with Crippen LogP contribution in [0.3, 0.4) is 0 Å². The van der Waals surface area contributed by atoms with Gasteiger partial charge in [-0.3, -0.25) is 19.5 Å². The number of Topliss-reactive ketones (excluding diaryl/α,β-unsaturated/α-hetero) is 1. The predicted octanol–water partition coefficient (Wildman–Crippen LogP) is 5.15. The van der Waals surface area contributed by atoms with E-state index in [2.05, 4.69) is 4.98 Å². The Bertz CT molecular complexity index is 1360. The van der Waals surface area contributed by atoms with Gasteiger partial charge in [-0.05, 0) is 54.1 Å². The quantitative estimate of drug-likeness (QED) is 0.437. The van der Waals surface area contributed by atoms with Gasteiger partial charge < -0.3 is 5.11 Å². The molecule has 1 atom stereocenters. The number of pyridine rings is 1. The second-order valence-electron chi connectivity index (χ2n) is 7.36. The first-order valence-corrected chi connectivity index (χ1v) is 11.3. The van der Waals surface area contributed by atoms with Gasteiger partial charge >= 0.3 is 0 Å². The summed E-state index contributed by atoms with van der Waals surface area (Å²) >= 11 is 2.63. The fraction of sp³-hybridized carbons (Fsp3) is 0.130. The van der Waals surface area contributed by atoms with Crippen LogP contribution in [0.5, 0.6) is 0 Å². The highest BCUT2D eigenvalue weighted by Gasteiger charge is 2.46. The lowest BCUT2D eigenvalue weighted by Gasteiger charge is -2.24. The number of amides is 1. The zero-order chi connectivity index (χ0) is 21.7. The van der Waals surface area contributed by atoms with E-state index in [1.165, 1.54) is 27.6 Å². The highest BCUT2D eigenvalue weighted by Crippen LogP contribution is 2.44. The Morgan fingerprint density at radius 1 is 1.19 bits per heavy atom. The Balaban J connectivity index is 1.69. The number of aliphatic hydroxyl groups excluding tert-OH is 1. The van der Waals surface area contributed by atoms with Gasteiger partial charge in [0.15, 0.2) is 10.9 Å². The molecule has 154 valence electrons. The van der Waals surface area contributed by atoms with Gasteiger partial charge in [-0.25, -0.2) is 4.98 Å². The van der Waals surface area contributed by atoms with Gasteiger partial charge in [0, 0.05) is 12.4 Å². The van der Waals surface area contributed by atoms with Crippen LogP contribution in [0.2, 0.25) is 0 Å². The summed E-state index contributed by atoms with van der Waals surface area (Å²) in [6.07, 6.45) is 3.23. The summed E-state index contributed by atoms with van der Waals surface area (Å²) in [6.45, 7) is 3.99. The van der Waals surface area contributed by atoms with E-state index in [1.54, 1.807) is 42.0 Å². The van der Waals surface area contributed by atoms with Crippen molar-refractivity contribution >= 4 is 49.7 Å². The molecule has 1 aliphatic rings. The van der Waals surface area contributed by atoms with E-state index >= 15 is 0 Å². The third-order valence-corrected chi connectivity index (χ3v) is 7.09. The van der Waals surface area contributed by atoms with Crippen LogP contribution in [-0.4, -0.2) is 26.8 Å². The normalized spacial score (nSPS) is 16.5. The smallest absolute Gasteiger partial charge is 0.296 e. The minimum atomic E-state index is -0.808. The first-order valence-electron chi connectivity index (χ1n) is 9.58. The average Bonchev–Trinajstić information content (AvgIpc) is 3.48. The zero-order valence-corrected chi connectivity index (χ0v) is 18.3. The largest absolute Gasteiger partial charge is 0.503 e. The molecule has 0 aliphatic carbocycles. The lowest BCUT2D eigenvalue weighted by Crippen LogP contribution is -2.31. The van der Waals surface area contributed by atoms with Gasteiger partial charge in [0.25, 0.3) is 5.91 Å². The Morgan fingerprint density at radius 3 is 2.74 bits per heavy atom. The van der Waals surface area contributed by atoms with Crippen molar-refractivity contribution in [3.63, 3.8) is 0 Å². The molecule has 1 unspecified atom stereocenters. The molecule has 0 bridgehead atoms. The van der Waals surface area contributed by atoms with Crippen molar-refractivity contribution in [1.82, 2.24) is 9.97 Å². The van der Waals surface area contributed by atoms with Gasteiger partial charge in [0.05, 0.1) is 26.7 Å². The third-order valence-electron chi connectivity index (χ3n) is 5.22. The van der Waals surface area contributed by atoms with E-state index in [9.17, 15) is 14.7 Å². The fourth-order valence-electron chi connectivity index (χ4n) is 3.89. The molecule has 3 aromatic heterocycles. The van der Waals surface area contributed by atoms with Crippen LogP contribution in [0.25, 0.3) is 10.2 Å². The van der Waals surface area contributed by atoms with E-state index in [0.29, 0.717) is 15.6 Å². The van der Waals surface area contributed by atoms with E-state index in [1.807, 2.05) is 26.0 Å². The first-order chi connectivity index (χ1) is 15.0. The van der Waals surface area contributed by atoms with E-state index in [4.69, 9.17) is 4.98 Å². The van der Waals surface area contributed by atoms with E-state index in [-0.39, 0.29) is 11.4 Å².